The Morgan fingerprint density at radius 2 is 2.00 bits per heavy atom. The summed E-state index contributed by atoms with van der Waals surface area (Å²) in [6.45, 7) is 7.88. The zero-order valence-corrected chi connectivity index (χ0v) is 21.7. The number of nitrogens with zero attached hydrogens (tertiary/aromatic N) is 1. The van der Waals surface area contributed by atoms with Gasteiger partial charge in [-0.3, -0.25) is 4.79 Å². The van der Waals surface area contributed by atoms with Crippen molar-refractivity contribution in [2.24, 2.45) is 11.3 Å². The number of hydrogen-bond donors (Lipinski definition) is 0. The number of unbranched alkanes of at least 4 members (excludes halogenated alkanes) is 1. The summed E-state index contributed by atoms with van der Waals surface area (Å²) in [4.78, 5) is 14.5. The van der Waals surface area contributed by atoms with E-state index in [2.05, 4.69) is 30.2 Å². The molecule has 2 aliphatic heterocycles. The fraction of sp³-hybridized carbons (Fsp3) is 0.679. The number of methoxy groups -OCH3 is 1. The normalized spacial score (nSPS) is 30.5. The number of carbonyl (C=O) groups excluding carboxylic acids is 1. The van der Waals surface area contributed by atoms with Crippen LogP contribution in [0.15, 0.2) is 24.3 Å². The minimum atomic E-state index is -0.468. The number of carbonyl (C=O) groups is 1. The van der Waals surface area contributed by atoms with Gasteiger partial charge in [-0.2, -0.15) is 0 Å². The SMILES string of the molecule is COCOc1ccc2c3c1O[C@H]1[C@@H](OCCCCOC(=O)C(C)(C)C)C=C[C@H]4[C@@H](C2)N(C)CC[C@@]341. The van der Waals surface area contributed by atoms with E-state index in [-0.39, 0.29) is 30.4 Å². The third-order valence-electron chi connectivity index (χ3n) is 8.14. The van der Waals surface area contributed by atoms with Crippen molar-refractivity contribution in [3.05, 3.63) is 35.4 Å². The van der Waals surface area contributed by atoms with Crippen LogP contribution < -0.4 is 9.47 Å². The van der Waals surface area contributed by atoms with Gasteiger partial charge in [-0.1, -0.05) is 18.2 Å². The molecule has 7 nitrogen and oxygen atoms in total. The summed E-state index contributed by atoms with van der Waals surface area (Å²) in [6, 6.07) is 4.71. The molecule has 1 spiro atoms. The topological polar surface area (TPSA) is 66.5 Å². The summed E-state index contributed by atoms with van der Waals surface area (Å²) in [7, 11) is 3.87. The monoisotopic (exact) mass is 485 g/mol. The first-order valence-electron chi connectivity index (χ1n) is 12.9. The zero-order chi connectivity index (χ0) is 24.8. The van der Waals surface area contributed by atoms with Gasteiger partial charge in [-0.15, -0.1) is 0 Å². The van der Waals surface area contributed by atoms with Crippen LogP contribution in [0.4, 0.5) is 0 Å². The van der Waals surface area contributed by atoms with E-state index in [4.69, 9.17) is 23.7 Å². The average Bonchev–Trinajstić information content (AvgIpc) is 3.18. The summed E-state index contributed by atoms with van der Waals surface area (Å²) >= 11 is 0. The summed E-state index contributed by atoms with van der Waals surface area (Å²) in [6.07, 6.45) is 8.07. The molecule has 1 aromatic rings. The molecule has 192 valence electrons. The fourth-order valence-corrected chi connectivity index (χ4v) is 6.39. The molecule has 2 heterocycles. The van der Waals surface area contributed by atoms with Gasteiger partial charge in [0.1, 0.15) is 12.2 Å². The van der Waals surface area contributed by atoms with Gasteiger partial charge in [0, 0.05) is 36.7 Å². The number of benzene rings is 1. The van der Waals surface area contributed by atoms with Gasteiger partial charge in [0.15, 0.2) is 18.3 Å². The lowest BCUT2D eigenvalue weighted by atomic mass is 9.53. The van der Waals surface area contributed by atoms with Gasteiger partial charge in [0.25, 0.3) is 0 Å². The Hall–Kier alpha value is -2.09. The van der Waals surface area contributed by atoms with Crippen LogP contribution in [0.3, 0.4) is 0 Å². The predicted molar refractivity (Wildman–Crippen MR) is 132 cm³/mol. The number of rotatable bonds is 9. The Morgan fingerprint density at radius 3 is 2.77 bits per heavy atom. The van der Waals surface area contributed by atoms with Crippen LogP contribution in [0.25, 0.3) is 0 Å². The highest BCUT2D eigenvalue weighted by Gasteiger charge is 2.64. The molecule has 0 unspecified atom stereocenters. The lowest BCUT2D eigenvalue weighted by Crippen LogP contribution is -2.65. The van der Waals surface area contributed by atoms with Crippen LogP contribution in [-0.2, 0) is 30.8 Å². The molecule has 1 saturated heterocycles. The van der Waals surface area contributed by atoms with Crippen molar-refractivity contribution in [1.29, 1.82) is 0 Å². The van der Waals surface area contributed by atoms with E-state index in [1.165, 1.54) is 11.1 Å². The number of esters is 1. The highest BCUT2D eigenvalue weighted by atomic mass is 16.7. The molecule has 35 heavy (non-hydrogen) atoms. The Morgan fingerprint density at radius 1 is 1.20 bits per heavy atom. The smallest absolute Gasteiger partial charge is 0.311 e. The summed E-state index contributed by atoms with van der Waals surface area (Å²) in [5.41, 5.74) is 2.14. The molecule has 7 heteroatoms. The molecule has 1 fully saturated rings. The van der Waals surface area contributed by atoms with Gasteiger partial charge < -0.3 is 28.6 Å². The summed E-state index contributed by atoms with van der Waals surface area (Å²) in [5, 5.41) is 0. The summed E-state index contributed by atoms with van der Waals surface area (Å²) in [5.74, 6) is 1.87. The highest BCUT2D eigenvalue weighted by Crippen LogP contribution is 2.62. The highest BCUT2D eigenvalue weighted by molar-refractivity contribution is 5.75. The molecule has 0 aromatic heterocycles. The lowest BCUT2D eigenvalue weighted by Gasteiger charge is -2.56. The second-order valence-electron chi connectivity index (χ2n) is 11.4. The van der Waals surface area contributed by atoms with E-state index in [0.717, 1.165) is 43.7 Å². The van der Waals surface area contributed by atoms with Gasteiger partial charge in [-0.25, -0.2) is 0 Å². The van der Waals surface area contributed by atoms with Crippen LogP contribution in [0.5, 0.6) is 11.5 Å². The van der Waals surface area contributed by atoms with Crippen molar-refractivity contribution in [3.63, 3.8) is 0 Å². The quantitative estimate of drug-likeness (QED) is 0.228. The Bertz CT molecular complexity index is 984. The van der Waals surface area contributed by atoms with Gasteiger partial charge in [0.05, 0.1) is 12.0 Å². The van der Waals surface area contributed by atoms with Crippen LogP contribution in [0, 0.1) is 11.3 Å². The van der Waals surface area contributed by atoms with E-state index < -0.39 is 5.41 Å². The molecule has 0 amide bonds. The number of likely N-dealkylation sites (N-methyl/N-ethyl adjacent to an activating group) is 1. The van der Waals surface area contributed by atoms with Crippen LogP contribution in [-0.4, -0.2) is 69.8 Å². The fourth-order valence-electron chi connectivity index (χ4n) is 6.39. The Balaban J connectivity index is 1.31. The predicted octanol–water partition coefficient (Wildman–Crippen LogP) is 3.87. The number of ether oxygens (including phenoxy) is 5. The maximum absolute atomic E-state index is 12.0. The van der Waals surface area contributed by atoms with Crippen molar-refractivity contribution >= 4 is 5.97 Å². The molecule has 2 bridgehead atoms. The minimum absolute atomic E-state index is 0.0752. The molecular formula is C28H39NO6. The van der Waals surface area contributed by atoms with Gasteiger partial charge in [-0.05, 0) is 71.7 Å². The second-order valence-corrected chi connectivity index (χ2v) is 11.4. The van der Waals surface area contributed by atoms with E-state index >= 15 is 0 Å². The van der Waals surface area contributed by atoms with Gasteiger partial charge >= 0.3 is 5.97 Å². The zero-order valence-electron chi connectivity index (χ0n) is 21.7. The molecule has 5 rings (SSSR count). The minimum Gasteiger partial charge on any atom is -0.482 e. The summed E-state index contributed by atoms with van der Waals surface area (Å²) < 4.78 is 29.7. The van der Waals surface area contributed by atoms with Crippen LogP contribution in [0.2, 0.25) is 0 Å². The maximum Gasteiger partial charge on any atom is 0.311 e. The molecule has 2 aliphatic carbocycles. The van der Waals surface area contributed by atoms with Crippen molar-refractivity contribution in [2.75, 3.05) is 40.7 Å². The Kier molecular flexibility index (Phi) is 6.62. The molecule has 5 atom stereocenters. The van der Waals surface area contributed by atoms with Crippen LogP contribution in [0.1, 0.15) is 51.2 Å². The molecule has 4 aliphatic rings. The second kappa shape index (κ2) is 9.41. The third-order valence-corrected chi connectivity index (χ3v) is 8.14. The maximum atomic E-state index is 12.0. The van der Waals surface area contributed by atoms with Crippen molar-refractivity contribution in [1.82, 2.24) is 4.90 Å². The molecule has 1 aromatic carbocycles. The van der Waals surface area contributed by atoms with E-state index in [0.29, 0.717) is 25.2 Å². The first kappa shape index (κ1) is 24.6. The van der Waals surface area contributed by atoms with E-state index in [1.54, 1.807) is 7.11 Å². The first-order chi connectivity index (χ1) is 16.8. The van der Waals surface area contributed by atoms with E-state index in [1.807, 2.05) is 26.8 Å². The van der Waals surface area contributed by atoms with E-state index in [9.17, 15) is 4.79 Å². The molecule has 0 saturated carbocycles. The Labute approximate surface area is 208 Å². The van der Waals surface area contributed by atoms with Gasteiger partial charge in [0.2, 0.25) is 0 Å². The number of hydrogen-bond acceptors (Lipinski definition) is 7. The number of likely N-dealkylation sites (tertiary alicyclic amines) is 1. The van der Waals surface area contributed by atoms with Crippen LogP contribution >= 0.6 is 0 Å². The standard InChI is InChI=1S/C28H39NO6/c1-27(2,3)26(30)33-15-7-6-14-32-22-11-9-19-20-16-18-8-10-21(34-17-31-5)24-23(18)28(19,25(22)35-24)12-13-29(20)4/h8-11,19-20,22,25H,6-7,12-17H2,1-5H3/t19-,20+,22-,25-,28-/m0/s1. The van der Waals surface area contributed by atoms with Crippen molar-refractivity contribution in [3.8, 4) is 11.5 Å². The number of piperidine rings is 1. The third kappa shape index (κ3) is 4.15. The van der Waals surface area contributed by atoms with Crippen molar-refractivity contribution in [2.45, 2.75) is 70.1 Å². The molecular weight excluding hydrogens is 446 g/mol. The largest absolute Gasteiger partial charge is 0.482 e. The first-order valence-corrected chi connectivity index (χ1v) is 12.9. The lowest BCUT2D eigenvalue weighted by molar-refractivity contribution is -0.153. The molecule has 0 N–H and O–H groups in total. The molecule has 0 radical (unpaired) electrons. The average molecular weight is 486 g/mol. The van der Waals surface area contributed by atoms with Crippen molar-refractivity contribution < 1.29 is 28.5 Å².